The quantitative estimate of drug-likeness (QED) is 0.115. The third kappa shape index (κ3) is 6.72. The highest BCUT2D eigenvalue weighted by Gasteiger charge is 2.47. The Hall–Kier alpha value is -3.29. The van der Waals surface area contributed by atoms with E-state index in [0.29, 0.717) is 37.1 Å². The lowest BCUT2D eigenvalue weighted by Gasteiger charge is -2.41. The maximum absolute atomic E-state index is 16.9. The topological polar surface area (TPSA) is 57.7 Å². The Morgan fingerprint density at radius 2 is 0.580 bits per heavy atom. The minimum Gasteiger partial charge on any atom is -0.309 e. The normalized spacial score (nSPS) is 15.8. The molecule has 262 valence electrons. The van der Waals surface area contributed by atoms with E-state index >= 15 is 13.7 Å². The molecule has 0 spiro atoms. The molecule has 0 saturated heterocycles. The van der Waals surface area contributed by atoms with Gasteiger partial charge in [0.05, 0.1) is 0 Å². The van der Waals surface area contributed by atoms with Crippen LogP contribution in [-0.2, 0) is 13.7 Å². The van der Waals surface area contributed by atoms with Crippen molar-refractivity contribution in [1.29, 1.82) is 0 Å². The van der Waals surface area contributed by atoms with E-state index in [1.807, 2.05) is 140 Å². The van der Waals surface area contributed by atoms with E-state index < -0.39 is 21.7 Å². The molecule has 0 amide bonds. The molecule has 5 aromatic rings. The molecule has 5 aromatic carbocycles. The summed E-state index contributed by atoms with van der Waals surface area (Å²) in [5, 5.41) is 4.03. The molecule has 0 saturated carbocycles. The van der Waals surface area contributed by atoms with E-state index in [9.17, 15) is 0 Å². The van der Waals surface area contributed by atoms with Crippen LogP contribution < -0.4 is 37.1 Å². The lowest BCUT2D eigenvalue weighted by molar-refractivity contribution is 0.307. The van der Waals surface area contributed by atoms with Crippen LogP contribution in [-0.4, -0.2) is 33.5 Å². The molecule has 0 heterocycles. The van der Waals surface area contributed by atoms with Crippen LogP contribution in [0.5, 0.6) is 0 Å². The lowest BCUT2D eigenvalue weighted by atomic mass is 10.3. The van der Waals surface area contributed by atoms with Gasteiger partial charge in [-0.2, -0.15) is 0 Å². The number of hydrogen-bond acceptors (Lipinski definition) is 3. The van der Waals surface area contributed by atoms with Crippen molar-refractivity contribution in [2.75, 3.05) is 0 Å². The van der Waals surface area contributed by atoms with Crippen LogP contribution in [0.15, 0.2) is 140 Å². The summed E-state index contributed by atoms with van der Waals surface area (Å²) in [5.74, 6) is 0. The molecule has 1 unspecified atom stereocenters. The zero-order valence-electron chi connectivity index (χ0n) is 30.5. The Balaban J connectivity index is 1.96. The molecule has 0 fully saturated rings. The van der Waals surface area contributed by atoms with Gasteiger partial charge in [-0.25, -0.2) is 9.34 Å². The summed E-state index contributed by atoms with van der Waals surface area (Å²) in [7, 11) is -11.1. The second kappa shape index (κ2) is 15.5. The van der Waals surface area contributed by atoms with Gasteiger partial charge in [-0.1, -0.05) is 103 Å². The molecule has 0 aromatic heterocycles. The lowest BCUT2D eigenvalue weighted by Crippen LogP contribution is -2.48. The van der Waals surface area contributed by atoms with Crippen LogP contribution in [0.4, 0.5) is 0 Å². The maximum atomic E-state index is 16.9. The predicted molar refractivity (Wildman–Crippen MR) is 217 cm³/mol. The fraction of sp³-hybridized carbons (Fsp3) is 0.286. The van der Waals surface area contributed by atoms with Gasteiger partial charge in [0, 0.05) is 61.3 Å². The molecule has 0 N–H and O–H groups in total. The molecular formula is C42H51N2O3P3. The standard InChI is InChI=1S/C42H51N2O3P3/c1-32(2)43(33(3)4)49(46,37-24-14-10-15-25-37)41-30-20-18-28-39(41)48(45,36-22-12-9-13-23-36)40-29-19-21-31-42(40)50(47,38-26-16-11-17-27-38)44(34(5)6)35(7)8/h9-35H,1-8H3/t48?,49-,50+. The van der Waals surface area contributed by atoms with Crippen LogP contribution in [0.25, 0.3) is 0 Å². The molecule has 8 heteroatoms. The summed E-state index contributed by atoms with van der Waals surface area (Å²) in [6.45, 7) is 16.5. The highest BCUT2D eigenvalue weighted by Crippen LogP contribution is 2.56. The van der Waals surface area contributed by atoms with Crippen LogP contribution in [0.1, 0.15) is 55.4 Å². The molecule has 0 bridgehead atoms. The van der Waals surface area contributed by atoms with Crippen molar-refractivity contribution in [3.63, 3.8) is 0 Å². The monoisotopic (exact) mass is 724 g/mol. The first-order valence-corrected chi connectivity index (χ1v) is 22.6. The molecule has 0 radical (unpaired) electrons. The first-order valence-electron chi connectivity index (χ1n) is 17.6. The minimum absolute atomic E-state index is 0.0820. The maximum Gasteiger partial charge on any atom is 0.208 e. The summed E-state index contributed by atoms with van der Waals surface area (Å²) in [5.41, 5.74) is 0. The SMILES string of the molecule is CC(C)N(C(C)C)[P@@](=O)(c1ccccc1)c1ccccc1P(=O)(c1ccccc1)c1ccccc1[P@@](=O)(c1ccccc1)N(C(C)C)C(C)C. The largest absolute Gasteiger partial charge is 0.309 e. The second-order valence-corrected chi connectivity index (χ2v) is 21.8. The van der Waals surface area contributed by atoms with Crippen LogP contribution in [0, 0.1) is 0 Å². The fourth-order valence-electron chi connectivity index (χ4n) is 7.57. The highest BCUT2D eigenvalue weighted by atomic mass is 31.2. The third-order valence-electron chi connectivity index (χ3n) is 9.19. The summed E-state index contributed by atoms with van der Waals surface area (Å²) < 4.78 is 53.5. The average molecular weight is 725 g/mol. The minimum atomic E-state index is -3.88. The van der Waals surface area contributed by atoms with Gasteiger partial charge in [-0.15, -0.1) is 0 Å². The van der Waals surface area contributed by atoms with E-state index in [0.717, 1.165) is 0 Å². The molecule has 3 atom stereocenters. The predicted octanol–water partition coefficient (Wildman–Crippen LogP) is 8.02. The highest BCUT2D eigenvalue weighted by molar-refractivity contribution is 7.90. The molecular weight excluding hydrogens is 673 g/mol. The molecule has 0 aliphatic heterocycles. The first-order chi connectivity index (χ1) is 23.8. The van der Waals surface area contributed by atoms with Crippen molar-refractivity contribution >= 4 is 58.9 Å². The fourth-order valence-corrected chi connectivity index (χ4v) is 18.7. The zero-order valence-corrected chi connectivity index (χ0v) is 33.2. The van der Waals surface area contributed by atoms with Crippen molar-refractivity contribution in [1.82, 2.24) is 9.34 Å². The average Bonchev–Trinajstić information content (AvgIpc) is 3.11. The van der Waals surface area contributed by atoms with Gasteiger partial charge < -0.3 is 4.57 Å². The van der Waals surface area contributed by atoms with E-state index in [2.05, 4.69) is 64.7 Å². The molecule has 50 heavy (non-hydrogen) atoms. The Morgan fingerprint density at radius 3 is 0.860 bits per heavy atom. The van der Waals surface area contributed by atoms with E-state index in [1.165, 1.54) is 0 Å². The third-order valence-corrected chi connectivity index (χ3v) is 19.9. The summed E-state index contributed by atoms with van der Waals surface area (Å²) in [6.07, 6.45) is 0. The number of rotatable bonds is 13. The smallest absolute Gasteiger partial charge is 0.208 e. The van der Waals surface area contributed by atoms with Crippen molar-refractivity contribution in [2.24, 2.45) is 0 Å². The Morgan fingerprint density at radius 1 is 0.340 bits per heavy atom. The molecule has 0 aliphatic rings. The van der Waals surface area contributed by atoms with Gasteiger partial charge in [0.15, 0.2) is 7.14 Å². The van der Waals surface area contributed by atoms with Gasteiger partial charge in [-0.3, -0.25) is 9.13 Å². The molecule has 5 rings (SSSR count). The Kier molecular flexibility index (Phi) is 11.8. The molecule has 5 nitrogen and oxygen atoms in total. The van der Waals surface area contributed by atoms with Gasteiger partial charge in [0.25, 0.3) is 0 Å². The van der Waals surface area contributed by atoms with Crippen molar-refractivity contribution in [3.05, 3.63) is 140 Å². The Labute approximate surface area is 300 Å². The summed E-state index contributed by atoms with van der Waals surface area (Å²) >= 11 is 0. The van der Waals surface area contributed by atoms with E-state index in [-0.39, 0.29) is 24.2 Å². The number of benzene rings is 5. The van der Waals surface area contributed by atoms with Gasteiger partial charge >= 0.3 is 0 Å². The summed E-state index contributed by atoms with van der Waals surface area (Å²) in [6, 6.07) is 43.4. The van der Waals surface area contributed by atoms with Crippen LogP contribution in [0.3, 0.4) is 0 Å². The number of hydrogen-bond donors (Lipinski definition) is 0. The van der Waals surface area contributed by atoms with Crippen molar-refractivity contribution < 1.29 is 13.7 Å². The van der Waals surface area contributed by atoms with Gasteiger partial charge in [-0.05, 0) is 91.8 Å². The van der Waals surface area contributed by atoms with Crippen molar-refractivity contribution in [2.45, 2.75) is 79.6 Å². The van der Waals surface area contributed by atoms with Crippen LogP contribution >= 0.6 is 21.7 Å². The summed E-state index contributed by atoms with van der Waals surface area (Å²) in [4.78, 5) is 0. The van der Waals surface area contributed by atoms with E-state index in [1.54, 1.807) is 0 Å². The molecule has 0 aliphatic carbocycles. The zero-order chi connectivity index (χ0) is 36.3. The number of nitrogens with zero attached hydrogens (tertiary/aromatic N) is 2. The Bertz CT molecular complexity index is 1890. The second-order valence-electron chi connectivity index (χ2n) is 13.9. The first kappa shape index (κ1) is 38.0. The van der Waals surface area contributed by atoms with Crippen molar-refractivity contribution in [3.8, 4) is 0 Å². The van der Waals surface area contributed by atoms with E-state index in [4.69, 9.17) is 0 Å². The van der Waals surface area contributed by atoms with Crippen LogP contribution in [0.2, 0.25) is 0 Å². The van der Waals surface area contributed by atoms with Gasteiger partial charge in [0.1, 0.15) is 0 Å². The van der Waals surface area contributed by atoms with Gasteiger partial charge in [0.2, 0.25) is 14.6 Å².